The standard InChI is InChI=1S/C22H43NO3/c1-3-5-7-10-15-21(16-11-8-6-4-2)26-22(25)17-14-19-23-18-12-9-13-20-24/h20-21,23H,3-19H2,1-2H3. The molecule has 0 heterocycles. The smallest absolute Gasteiger partial charge is 0.306 e. The van der Waals surface area contributed by atoms with Crippen molar-refractivity contribution in [2.24, 2.45) is 0 Å². The van der Waals surface area contributed by atoms with Gasteiger partial charge in [-0.3, -0.25) is 4.79 Å². The molecule has 0 spiro atoms. The van der Waals surface area contributed by atoms with Crippen LogP contribution in [0.3, 0.4) is 0 Å². The van der Waals surface area contributed by atoms with Crippen LogP contribution in [-0.4, -0.2) is 31.4 Å². The Bertz CT molecular complexity index is 309. The molecule has 0 radical (unpaired) electrons. The van der Waals surface area contributed by atoms with Crippen molar-refractivity contribution in [1.29, 1.82) is 0 Å². The minimum atomic E-state index is -0.0382. The number of hydrogen-bond acceptors (Lipinski definition) is 4. The number of carbonyl (C=O) groups excluding carboxylic acids is 2. The lowest BCUT2D eigenvalue weighted by Crippen LogP contribution is -2.21. The van der Waals surface area contributed by atoms with Gasteiger partial charge < -0.3 is 14.8 Å². The number of carbonyl (C=O) groups is 2. The Labute approximate surface area is 161 Å². The Kier molecular flexibility index (Phi) is 19.7. The molecule has 0 aliphatic carbocycles. The van der Waals surface area contributed by atoms with E-state index in [0.29, 0.717) is 12.8 Å². The van der Waals surface area contributed by atoms with Crippen molar-refractivity contribution in [3.05, 3.63) is 0 Å². The van der Waals surface area contributed by atoms with E-state index in [1.165, 1.54) is 51.4 Å². The van der Waals surface area contributed by atoms with Crippen LogP contribution in [0.15, 0.2) is 0 Å². The highest BCUT2D eigenvalue weighted by Gasteiger charge is 2.14. The molecule has 0 saturated carbocycles. The molecule has 26 heavy (non-hydrogen) atoms. The van der Waals surface area contributed by atoms with Crippen LogP contribution in [0.2, 0.25) is 0 Å². The molecular weight excluding hydrogens is 326 g/mol. The first-order chi connectivity index (χ1) is 12.7. The molecule has 0 aliphatic rings. The largest absolute Gasteiger partial charge is 0.462 e. The minimum Gasteiger partial charge on any atom is -0.462 e. The van der Waals surface area contributed by atoms with E-state index in [2.05, 4.69) is 19.2 Å². The Morgan fingerprint density at radius 3 is 2.04 bits per heavy atom. The molecule has 154 valence electrons. The van der Waals surface area contributed by atoms with Gasteiger partial charge in [-0.05, 0) is 58.0 Å². The number of hydrogen-bond donors (Lipinski definition) is 1. The second-order valence-corrected chi connectivity index (χ2v) is 7.33. The van der Waals surface area contributed by atoms with Gasteiger partial charge in [0.25, 0.3) is 0 Å². The molecule has 1 N–H and O–H groups in total. The third-order valence-corrected chi connectivity index (χ3v) is 4.72. The lowest BCUT2D eigenvalue weighted by molar-refractivity contribution is -0.150. The van der Waals surface area contributed by atoms with E-state index >= 15 is 0 Å². The average molecular weight is 370 g/mol. The van der Waals surface area contributed by atoms with Gasteiger partial charge >= 0.3 is 5.97 Å². The predicted molar refractivity (Wildman–Crippen MR) is 109 cm³/mol. The van der Waals surface area contributed by atoms with Crippen LogP contribution in [0.5, 0.6) is 0 Å². The average Bonchev–Trinajstić information content (AvgIpc) is 2.64. The molecule has 0 unspecified atom stereocenters. The first-order valence-corrected chi connectivity index (χ1v) is 11.1. The van der Waals surface area contributed by atoms with Crippen molar-refractivity contribution in [3.8, 4) is 0 Å². The maximum Gasteiger partial charge on any atom is 0.306 e. The van der Waals surface area contributed by atoms with Crippen molar-refractivity contribution in [2.75, 3.05) is 13.1 Å². The second kappa shape index (κ2) is 20.4. The third-order valence-electron chi connectivity index (χ3n) is 4.72. The Balaban J connectivity index is 3.85. The van der Waals surface area contributed by atoms with E-state index in [1.807, 2.05) is 0 Å². The molecule has 0 aromatic carbocycles. The molecule has 4 nitrogen and oxygen atoms in total. The summed E-state index contributed by atoms with van der Waals surface area (Å²) in [6.07, 6.45) is 16.9. The highest BCUT2D eigenvalue weighted by molar-refractivity contribution is 5.69. The second-order valence-electron chi connectivity index (χ2n) is 7.33. The highest BCUT2D eigenvalue weighted by Crippen LogP contribution is 2.16. The fourth-order valence-corrected chi connectivity index (χ4v) is 3.06. The normalized spacial score (nSPS) is 11.0. The first kappa shape index (κ1) is 25.1. The van der Waals surface area contributed by atoms with Crippen molar-refractivity contribution in [3.63, 3.8) is 0 Å². The van der Waals surface area contributed by atoms with Gasteiger partial charge in [-0.2, -0.15) is 0 Å². The lowest BCUT2D eigenvalue weighted by Gasteiger charge is -2.18. The number of nitrogens with one attached hydrogen (secondary N) is 1. The van der Waals surface area contributed by atoms with Crippen LogP contribution >= 0.6 is 0 Å². The van der Waals surface area contributed by atoms with E-state index in [0.717, 1.165) is 51.5 Å². The van der Waals surface area contributed by atoms with E-state index < -0.39 is 0 Å². The monoisotopic (exact) mass is 369 g/mol. The topological polar surface area (TPSA) is 55.4 Å². The molecule has 0 fully saturated rings. The third kappa shape index (κ3) is 17.9. The summed E-state index contributed by atoms with van der Waals surface area (Å²) >= 11 is 0. The summed E-state index contributed by atoms with van der Waals surface area (Å²) in [6.45, 7) is 6.20. The van der Waals surface area contributed by atoms with E-state index in [1.54, 1.807) is 0 Å². The summed E-state index contributed by atoms with van der Waals surface area (Å²) in [7, 11) is 0. The molecule has 0 bridgehead atoms. The summed E-state index contributed by atoms with van der Waals surface area (Å²) in [5, 5.41) is 3.33. The number of esters is 1. The zero-order valence-corrected chi connectivity index (χ0v) is 17.4. The molecule has 0 aliphatic heterocycles. The van der Waals surface area contributed by atoms with Crippen LogP contribution in [-0.2, 0) is 14.3 Å². The lowest BCUT2D eigenvalue weighted by atomic mass is 10.0. The summed E-state index contributed by atoms with van der Waals surface area (Å²) in [6, 6.07) is 0. The van der Waals surface area contributed by atoms with E-state index in [4.69, 9.17) is 4.74 Å². The minimum absolute atomic E-state index is 0.0382. The maximum absolute atomic E-state index is 12.1. The molecule has 0 atom stereocenters. The summed E-state index contributed by atoms with van der Waals surface area (Å²) in [5.74, 6) is -0.0382. The molecular formula is C22H43NO3. The number of rotatable bonds is 20. The fraction of sp³-hybridized carbons (Fsp3) is 0.909. The van der Waals surface area contributed by atoms with Crippen molar-refractivity contribution < 1.29 is 14.3 Å². The molecule has 0 aromatic rings. The Hall–Kier alpha value is -0.900. The zero-order chi connectivity index (χ0) is 19.3. The Morgan fingerprint density at radius 2 is 1.46 bits per heavy atom. The van der Waals surface area contributed by atoms with Gasteiger partial charge in [0.15, 0.2) is 0 Å². The van der Waals surface area contributed by atoms with Crippen LogP contribution < -0.4 is 5.32 Å². The molecule has 0 rings (SSSR count). The van der Waals surface area contributed by atoms with Gasteiger partial charge in [-0.1, -0.05) is 52.4 Å². The quantitative estimate of drug-likeness (QED) is 0.173. The van der Waals surface area contributed by atoms with Gasteiger partial charge in [-0.25, -0.2) is 0 Å². The van der Waals surface area contributed by atoms with Crippen LogP contribution in [0.1, 0.15) is 110 Å². The van der Waals surface area contributed by atoms with Crippen molar-refractivity contribution >= 4 is 12.3 Å². The van der Waals surface area contributed by atoms with Crippen LogP contribution in [0.4, 0.5) is 0 Å². The summed E-state index contributed by atoms with van der Waals surface area (Å²) in [4.78, 5) is 22.3. The molecule has 0 saturated heterocycles. The molecule has 0 aromatic heterocycles. The summed E-state index contributed by atoms with van der Waals surface area (Å²) < 4.78 is 5.77. The van der Waals surface area contributed by atoms with Gasteiger partial charge in [0.05, 0.1) is 0 Å². The number of ether oxygens (including phenoxy) is 1. The molecule has 4 heteroatoms. The highest BCUT2D eigenvalue weighted by atomic mass is 16.5. The van der Waals surface area contributed by atoms with Gasteiger partial charge in [-0.15, -0.1) is 0 Å². The SMILES string of the molecule is CCCCCCC(CCCCCC)OC(=O)CCCNCCCCC=O. The predicted octanol–water partition coefficient (Wildman–Crippen LogP) is 5.58. The van der Waals surface area contributed by atoms with Crippen molar-refractivity contribution in [1.82, 2.24) is 5.32 Å². The summed E-state index contributed by atoms with van der Waals surface area (Å²) in [5.41, 5.74) is 0. The van der Waals surface area contributed by atoms with Gasteiger partial charge in [0, 0.05) is 12.8 Å². The van der Waals surface area contributed by atoms with Gasteiger partial charge in [0.1, 0.15) is 12.4 Å². The molecule has 0 amide bonds. The van der Waals surface area contributed by atoms with Crippen molar-refractivity contribution in [2.45, 2.75) is 116 Å². The maximum atomic E-state index is 12.1. The Morgan fingerprint density at radius 1 is 0.846 bits per heavy atom. The first-order valence-electron chi connectivity index (χ1n) is 11.1. The fourth-order valence-electron chi connectivity index (χ4n) is 3.06. The van der Waals surface area contributed by atoms with Crippen LogP contribution in [0, 0.1) is 0 Å². The number of unbranched alkanes of at least 4 members (excludes halogenated alkanes) is 8. The number of aldehydes is 1. The zero-order valence-electron chi connectivity index (χ0n) is 17.4. The van der Waals surface area contributed by atoms with Gasteiger partial charge in [0.2, 0.25) is 0 Å². The van der Waals surface area contributed by atoms with Crippen LogP contribution in [0.25, 0.3) is 0 Å². The van der Waals surface area contributed by atoms with E-state index in [-0.39, 0.29) is 12.1 Å². The van der Waals surface area contributed by atoms with E-state index in [9.17, 15) is 9.59 Å².